The van der Waals surface area contributed by atoms with E-state index in [-0.39, 0.29) is 12.1 Å². The number of benzene rings is 1. The zero-order valence-corrected chi connectivity index (χ0v) is 10.0. The zero-order chi connectivity index (χ0) is 14.0. The number of halogens is 2. The number of nitrogens with one attached hydrogen (secondary N) is 1. The number of nitrogens with two attached hydrogens (primary N) is 1. The van der Waals surface area contributed by atoms with Crippen LogP contribution in [-0.2, 0) is 13.6 Å². The van der Waals surface area contributed by atoms with Gasteiger partial charge in [-0.2, -0.15) is 0 Å². The number of aryl methyl sites for hydroxylation is 1. The van der Waals surface area contributed by atoms with Crippen molar-refractivity contribution in [3.8, 4) is 0 Å². The fourth-order valence-corrected chi connectivity index (χ4v) is 1.44. The van der Waals surface area contributed by atoms with Gasteiger partial charge in [-0.05, 0) is 12.1 Å². The van der Waals surface area contributed by atoms with Gasteiger partial charge in [0.15, 0.2) is 5.82 Å². The molecule has 0 bridgehead atoms. The van der Waals surface area contributed by atoms with Gasteiger partial charge in [-0.15, -0.1) is 10.2 Å². The van der Waals surface area contributed by atoms with Crippen LogP contribution in [0.25, 0.3) is 0 Å². The Kier molecular flexibility index (Phi) is 3.41. The maximum Gasteiger partial charge on any atom is 0.251 e. The molecule has 6 nitrogen and oxygen atoms in total. The Bertz CT molecular complexity index is 602. The first-order valence-electron chi connectivity index (χ1n) is 5.34. The van der Waals surface area contributed by atoms with E-state index in [0.29, 0.717) is 5.82 Å². The standard InChI is InChI=1S/C11H11F2N5O/c1-18-5-16-17-9(18)4-15-11(19)6-2-7(12)10(14)8(13)3-6/h2-3,5H,4,14H2,1H3,(H,15,19). The van der Waals surface area contributed by atoms with Crippen molar-refractivity contribution in [2.75, 3.05) is 5.73 Å². The number of carbonyl (C=O) groups excluding carboxylic acids is 1. The van der Waals surface area contributed by atoms with Gasteiger partial charge in [0.05, 0.1) is 6.54 Å². The van der Waals surface area contributed by atoms with Crippen LogP contribution in [-0.4, -0.2) is 20.7 Å². The summed E-state index contributed by atoms with van der Waals surface area (Å²) in [5.41, 5.74) is 4.37. The summed E-state index contributed by atoms with van der Waals surface area (Å²) in [4.78, 5) is 11.7. The van der Waals surface area contributed by atoms with Crippen LogP contribution in [0.2, 0.25) is 0 Å². The van der Waals surface area contributed by atoms with Crippen LogP contribution in [0.15, 0.2) is 18.5 Å². The third-order valence-electron chi connectivity index (χ3n) is 2.55. The summed E-state index contributed by atoms with van der Waals surface area (Å²) >= 11 is 0. The maximum absolute atomic E-state index is 13.2. The molecule has 2 aromatic rings. The average Bonchev–Trinajstić information content (AvgIpc) is 2.78. The largest absolute Gasteiger partial charge is 0.394 e. The summed E-state index contributed by atoms with van der Waals surface area (Å²) in [7, 11) is 1.71. The Morgan fingerprint density at radius 2 is 2.05 bits per heavy atom. The van der Waals surface area contributed by atoms with Gasteiger partial charge < -0.3 is 15.6 Å². The molecule has 1 aromatic carbocycles. The van der Waals surface area contributed by atoms with Gasteiger partial charge in [0.1, 0.15) is 23.6 Å². The number of nitrogens with zero attached hydrogens (tertiary/aromatic N) is 3. The van der Waals surface area contributed by atoms with Gasteiger partial charge in [0.2, 0.25) is 0 Å². The number of rotatable bonds is 3. The van der Waals surface area contributed by atoms with Crippen molar-refractivity contribution < 1.29 is 13.6 Å². The monoisotopic (exact) mass is 267 g/mol. The van der Waals surface area contributed by atoms with Crippen LogP contribution in [0, 0.1) is 11.6 Å². The molecule has 0 aliphatic carbocycles. The molecule has 19 heavy (non-hydrogen) atoms. The smallest absolute Gasteiger partial charge is 0.251 e. The average molecular weight is 267 g/mol. The Balaban J connectivity index is 2.10. The second-order valence-electron chi connectivity index (χ2n) is 3.89. The Hall–Kier alpha value is -2.51. The van der Waals surface area contributed by atoms with Crippen molar-refractivity contribution in [3.05, 3.63) is 41.5 Å². The summed E-state index contributed by atoms with van der Waals surface area (Å²) in [6.07, 6.45) is 1.48. The van der Waals surface area contributed by atoms with Crippen LogP contribution in [0.1, 0.15) is 16.2 Å². The third-order valence-corrected chi connectivity index (χ3v) is 2.55. The minimum absolute atomic E-state index is 0.100. The first-order valence-corrected chi connectivity index (χ1v) is 5.34. The maximum atomic E-state index is 13.2. The highest BCUT2D eigenvalue weighted by atomic mass is 19.1. The van der Waals surface area contributed by atoms with Gasteiger partial charge in [-0.25, -0.2) is 8.78 Å². The van der Waals surface area contributed by atoms with Gasteiger partial charge in [-0.1, -0.05) is 0 Å². The lowest BCUT2D eigenvalue weighted by atomic mass is 10.1. The second kappa shape index (κ2) is 5.01. The molecule has 0 saturated heterocycles. The minimum atomic E-state index is -0.969. The fourth-order valence-electron chi connectivity index (χ4n) is 1.44. The lowest BCUT2D eigenvalue weighted by molar-refractivity contribution is 0.0948. The Morgan fingerprint density at radius 1 is 1.42 bits per heavy atom. The molecule has 0 saturated carbocycles. The number of hydrogen-bond acceptors (Lipinski definition) is 4. The predicted molar refractivity (Wildman–Crippen MR) is 62.9 cm³/mol. The predicted octanol–water partition coefficient (Wildman–Crippen LogP) is 0.606. The van der Waals surface area contributed by atoms with Crippen molar-refractivity contribution in [2.24, 2.45) is 7.05 Å². The minimum Gasteiger partial charge on any atom is -0.394 e. The highest BCUT2D eigenvalue weighted by molar-refractivity contribution is 5.94. The summed E-state index contributed by atoms with van der Waals surface area (Å²) < 4.78 is 28.0. The molecule has 100 valence electrons. The van der Waals surface area contributed by atoms with Crippen LogP contribution in [0.4, 0.5) is 14.5 Å². The lowest BCUT2D eigenvalue weighted by Gasteiger charge is -2.06. The molecule has 1 heterocycles. The Morgan fingerprint density at radius 3 is 2.58 bits per heavy atom. The van der Waals surface area contributed by atoms with E-state index in [9.17, 15) is 13.6 Å². The molecule has 3 N–H and O–H groups in total. The van der Waals surface area contributed by atoms with Crippen LogP contribution >= 0.6 is 0 Å². The van der Waals surface area contributed by atoms with E-state index in [1.165, 1.54) is 6.33 Å². The highest BCUT2D eigenvalue weighted by Crippen LogP contribution is 2.17. The molecular weight excluding hydrogens is 256 g/mol. The second-order valence-corrected chi connectivity index (χ2v) is 3.89. The van der Waals surface area contributed by atoms with E-state index in [4.69, 9.17) is 5.73 Å². The SMILES string of the molecule is Cn1cnnc1CNC(=O)c1cc(F)c(N)c(F)c1. The van der Waals surface area contributed by atoms with E-state index in [1.54, 1.807) is 11.6 Å². The molecule has 0 radical (unpaired) electrons. The molecule has 0 unspecified atom stereocenters. The lowest BCUT2D eigenvalue weighted by Crippen LogP contribution is -2.24. The van der Waals surface area contributed by atoms with Crippen LogP contribution < -0.4 is 11.1 Å². The molecule has 0 aliphatic heterocycles. The fraction of sp³-hybridized carbons (Fsp3) is 0.182. The normalized spacial score (nSPS) is 10.5. The van der Waals surface area contributed by atoms with Crippen molar-refractivity contribution in [1.29, 1.82) is 0 Å². The number of carbonyl (C=O) groups is 1. The molecular formula is C11H11F2N5O. The van der Waals surface area contributed by atoms with E-state index in [2.05, 4.69) is 15.5 Å². The van der Waals surface area contributed by atoms with E-state index in [0.717, 1.165) is 12.1 Å². The van der Waals surface area contributed by atoms with Crippen molar-refractivity contribution in [2.45, 2.75) is 6.54 Å². The molecule has 1 amide bonds. The van der Waals surface area contributed by atoms with E-state index in [1.807, 2.05) is 0 Å². The van der Waals surface area contributed by atoms with Gasteiger partial charge in [0, 0.05) is 12.6 Å². The topological polar surface area (TPSA) is 85.8 Å². The number of amides is 1. The van der Waals surface area contributed by atoms with Gasteiger partial charge in [-0.3, -0.25) is 4.79 Å². The molecule has 0 spiro atoms. The van der Waals surface area contributed by atoms with Gasteiger partial charge in [0.25, 0.3) is 5.91 Å². The number of anilines is 1. The summed E-state index contributed by atoms with van der Waals surface area (Å²) in [5, 5.41) is 9.88. The summed E-state index contributed by atoms with van der Waals surface area (Å²) in [6.45, 7) is 0.100. The third kappa shape index (κ3) is 2.67. The molecule has 8 heteroatoms. The first-order chi connectivity index (χ1) is 8.99. The van der Waals surface area contributed by atoms with Gasteiger partial charge >= 0.3 is 0 Å². The van der Waals surface area contributed by atoms with Crippen LogP contribution in [0.3, 0.4) is 0 Å². The van der Waals surface area contributed by atoms with E-state index >= 15 is 0 Å². The van der Waals surface area contributed by atoms with Crippen molar-refractivity contribution in [3.63, 3.8) is 0 Å². The van der Waals surface area contributed by atoms with Crippen molar-refractivity contribution >= 4 is 11.6 Å². The number of aromatic nitrogens is 3. The molecule has 0 fully saturated rings. The quantitative estimate of drug-likeness (QED) is 0.798. The molecule has 2 rings (SSSR count). The molecule has 0 aliphatic rings. The first kappa shape index (κ1) is 12.9. The molecule has 0 atom stereocenters. The van der Waals surface area contributed by atoms with E-state index < -0.39 is 23.2 Å². The summed E-state index contributed by atoms with van der Waals surface area (Å²) in [5.74, 6) is -2.04. The highest BCUT2D eigenvalue weighted by Gasteiger charge is 2.13. The zero-order valence-electron chi connectivity index (χ0n) is 10.0. The van der Waals surface area contributed by atoms with Crippen LogP contribution in [0.5, 0.6) is 0 Å². The molecule has 1 aromatic heterocycles. The Labute approximate surface area is 107 Å². The van der Waals surface area contributed by atoms with Crippen molar-refractivity contribution in [1.82, 2.24) is 20.1 Å². The number of hydrogen-bond donors (Lipinski definition) is 2. The summed E-state index contributed by atoms with van der Waals surface area (Å²) in [6, 6.07) is 1.76. The number of nitrogen functional groups attached to an aromatic ring is 1.